The summed E-state index contributed by atoms with van der Waals surface area (Å²) in [6, 6.07) is 6.19. The van der Waals surface area contributed by atoms with E-state index in [9.17, 15) is 4.79 Å². The average Bonchev–Trinajstić information content (AvgIpc) is 2.16. The number of aldehydes is 1. The van der Waals surface area contributed by atoms with E-state index in [1.54, 1.807) is 0 Å². The molecular formula is C11H13BrO. The molecule has 0 radical (unpaired) electrons. The quantitative estimate of drug-likeness (QED) is 0.586. The van der Waals surface area contributed by atoms with Gasteiger partial charge < -0.3 is 4.79 Å². The molecule has 0 heterocycles. The highest BCUT2D eigenvalue weighted by Gasteiger charge is 2.08. The van der Waals surface area contributed by atoms with E-state index in [1.165, 1.54) is 11.1 Å². The van der Waals surface area contributed by atoms with Crippen LogP contribution in [0.5, 0.6) is 0 Å². The fourth-order valence-electron chi connectivity index (χ4n) is 1.37. The lowest BCUT2D eigenvalue weighted by atomic mass is 9.96. The lowest BCUT2D eigenvalue weighted by Gasteiger charge is -2.10. The molecular weight excluding hydrogens is 228 g/mol. The summed E-state index contributed by atoms with van der Waals surface area (Å²) in [7, 11) is 0. The molecule has 1 rings (SSSR count). The number of hydrogen-bond acceptors (Lipinski definition) is 1. The van der Waals surface area contributed by atoms with Crippen molar-refractivity contribution in [2.24, 2.45) is 0 Å². The van der Waals surface area contributed by atoms with Gasteiger partial charge in [0, 0.05) is 11.2 Å². The molecule has 0 aliphatic carbocycles. The van der Waals surface area contributed by atoms with Gasteiger partial charge in [-0.25, -0.2) is 0 Å². The molecule has 0 amide bonds. The van der Waals surface area contributed by atoms with E-state index in [0.29, 0.717) is 0 Å². The van der Waals surface area contributed by atoms with Crippen LogP contribution in [-0.4, -0.2) is 6.29 Å². The molecule has 2 heteroatoms. The van der Waals surface area contributed by atoms with Crippen molar-refractivity contribution < 1.29 is 4.79 Å². The van der Waals surface area contributed by atoms with Gasteiger partial charge in [0.05, 0.1) is 0 Å². The second kappa shape index (κ2) is 4.56. The second-order valence-corrected chi connectivity index (χ2v) is 3.82. The zero-order valence-electron chi connectivity index (χ0n) is 7.88. The Labute approximate surface area is 87.3 Å². The predicted octanol–water partition coefficient (Wildman–Crippen LogP) is 3.19. The van der Waals surface area contributed by atoms with Crippen LogP contribution in [0.3, 0.4) is 0 Å². The molecule has 1 nitrogen and oxygen atoms in total. The predicted molar refractivity (Wildman–Crippen MR) is 58.3 cm³/mol. The third kappa shape index (κ3) is 2.41. The van der Waals surface area contributed by atoms with Crippen molar-refractivity contribution in [1.82, 2.24) is 0 Å². The highest BCUT2D eigenvalue weighted by molar-refractivity contribution is 9.08. The summed E-state index contributed by atoms with van der Waals surface area (Å²) in [5.41, 5.74) is 3.56. The maximum absolute atomic E-state index is 10.6. The number of rotatable bonds is 3. The van der Waals surface area contributed by atoms with E-state index in [0.717, 1.165) is 17.2 Å². The maximum atomic E-state index is 10.6. The topological polar surface area (TPSA) is 17.1 Å². The first-order valence-electron chi connectivity index (χ1n) is 4.29. The number of carbonyl (C=O) groups is 1. The van der Waals surface area contributed by atoms with Gasteiger partial charge in [-0.1, -0.05) is 46.6 Å². The van der Waals surface area contributed by atoms with Crippen molar-refractivity contribution in [3.05, 3.63) is 34.9 Å². The average molecular weight is 241 g/mol. The largest absolute Gasteiger partial charge is 0.303 e. The van der Waals surface area contributed by atoms with E-state index in [-0.39, 0.29) is 5.92 Å². The smallest absolute Gasteiger partial charge is 0.127 e. The molecule has 0 N–H and O–H groups in total. The zero-order chi connectivity index (χ0) is 9.84. The zero-order valence-corrected chi connectivity index (χ0v) is 9.47. The molecule has 1 unspecified atom stereocenters. The summed E-state index contributed by atoms with van der Waals surface area (Å²) in [6.45, 7) is 3.98. The van der Waals surface area contributed by atoms with Crippen LogP contribution in [0.25, 0.3) is 0 Å². The Morgan fingerprint density at radius 3 is 2.77 bits per heavy atom. The second-order valence-electron chi connectivity index (χ2n) is 3.26. The number of benzene rings is 1. The van der Waals surface area contributed by atoms with Crippen molar-refractivity contribution >= 4 is 22.2 Å². The summed E-state index contributed by atoms with van der Waals surface area (Å²) in [4.78, 5) is 10.6. The molecule has 0 saturated carbocycles. The van der Waals surface area contributed by atoms with Gasteiger partial charge in [-0.15, -0.1) is 0 Å². The highest BCUT2D eigenvalue weighted by atomic mass is 79.9. The van der Waals surface area contributed by atoms with E-state index < -0.39 is 0 Å². The lowest BCUT2D eigenvalue weighted by molar-refractivity contribution is -0.108. The molecule has 13 heavy (non-hydrogen) atoms. The first-order valence-corrected chi connectivity index (χ1v) is 5.42. The summed E-state index contributed by atoms with van der Waals surface area (Å²) < 4.78 is 0. The number of alkyl halides is 1. The fourth-order valence-corrected chi connectivity index (χ4v) is 1.85. The molecule has 0 aromatic heterocycles. The standard InChI is InChI=1S/C11H13BrO/c1-8-3-4-11(9(2)7-13)10(5-8)6-12/h3-5,7,9H,6H2,1-2H3. The van der Waals surface area contributed by atoms with E-state index in [1.807, 2.05) is 19.1 Å². The summed E-state index contributed by atoms with van der Waals surface area (Å²) >= 11 is 3.42. The first kappa shape index (κ1) is 10.5. The van der Waals surface area contributed by atoms with Crippen LogP contribution in [0.2, 0.25) is 0 Å². The van der Waals surface area contributed by atoms with Crippen molar-refractivity contribution in [2.45, 2.75) is 25.1 Å². The molecule has 0 aliphatic heterocycles. The van der Waals surface area contributed by atoms with Crippen LogP contribution in [-0.2, 0) is 10.1 Å². The summed E-state index contributed by atoms with van der Waals surface area (Å²) in [5, 5.41) is 0.808. The van der Waals surface area contributed by atoms with Crippen LogP contribution in [0.15, 0.2) is 18.2 Å². The molecule has 1 aromatic rings. The Bertz CT molecular complexity index is 307. The Balaban J connectivity index is 3.12. The van der Waals surface area contributed by atoms with Gasteiger partial charge in [-0.3, -0.25) is 0 Å². The summed E-state index contributed by atoms with van der Waals surface area (Å²) in [5.74, 6) is -0.00634. The molecule has 0 saturated heterocycles. The molecule has 0 bridgehead atoms. The van der Waals surface area contributed by atoms with Crippen molar-refractivity contribution in [3.8, 4) is 0 Å². The Morgan fingerprint density at radius 2 is 2.23 bits per heavy atom. The highest BCUT2D eigenvalue weighted by Crippen LogP contribution is 2.21. The van der Waals surface area contributed by atoms with Crippen LogP contribution >= 0.6 is 15.9 Å². The van der Waals surface area contributed by atoms with Gasteiger partial charge in [-0.2, -0.15) is 0 Å². The Morgan fingerprint density at radius 1 is 1.54 bits per heavy atom. The van der Waals surface area contributed by atoms with Crippen LogP contribution < -0.4 is 0 Å². The third-order valence-corrected chi connectivity index (χ3v) is 2.74. The number of halogens is 1. The maximum Gasteiger partial charge on any atom is 0.127 e. The third-order valence-electron chi connectivity index (χ3n) is 2.14. The normalized spacial score (nSPS) is 12.5. The molecule has 70 valence electrons. The van der Waals surface area contributed by atoms with Gasteiger partial charge in [0.2, 0.25) is 0 Å². The molecule has 1 aromatic carbocycles. The van der Waals surface area contributed by atoms with Gasteiger partial charge in [0.1, 0.15) is 6.29 Å². The van der Waals surface area contributed by atoms with Crippen molar-refractivity contribution in [3.63, 3.8) is 0 Å². The van der Waals surface area contributed by atoms with E-state index in [4.69, 9.17) is 0 Å². The molecule has 0 fully saturated rings. The van der Waals surface area contributed by atoms with Gasteiger partial charge in [-0.05, 0) is 18.1 Å². The van der Waals surface area contributed by atoms with Crippen LogP contribution in [0.1, 0.15) is 29.5 Å². The van der Waals surface area contributed by atoms with Gasteiger partial charge in [0.15, 0.2) is 0 Å². The van der Waals surface area contributed by atoms with Gasteiger partial charge in [0.25, 0.3) is 0 Å². The van der Waals surface area contributed by atoms with E-state index >= 15 is 0 Å². The number of carbonyl (C=O) groups excluding carboxylic acids is 1. The Hall–Kier alpha value is -0.630. The Kier molecular flexibility index (Phi) is 3.67. The van der Waals surface area contributed by atoms with Crippen LogP contribution in [0, 0.1) is 6.92 Å². The lowest BCUT2D eigenvalue weighted by Crippen LogP contribution is -1.99. The minimum atomic E-state index is -0.00634. The van der Waals surface area contributed by atoms with Crippen molar-refractivity contribution in [2.75, 3.05) is 0 Å². The summed E-state index contributed by atoms with van der Waals surface area (Å²) in [6.07, 6.45) is 0.983. The molecule has 1 atom stereocenters. The number of hydrogen-bond donors (Lipinski definition) is 0. The van der Waals surface area contributed by atoms with E-state index in [2.05, 4.69) is 28.9 Å². The minimum absolute atomic E-state index is 0.00634. The van der Waals surface area contributed by atoms with Crippen LogP contribution in [0.4, 0.5) is 0 Å². The van der Waals surface area contributed by atoms with Gasteiger partial charge >= 0.3 is 0 Å². The minimum Gasteiger partial charge on any atom is -0.303 e. The molecule has 0 aliphatic rings. The SMILES string of the molecule is Cc1ccc(C(C)C=O)c(CBr)c1. The first-order chi connectivity index (χ1) is 6.19. The molecule has 0 spiro atoms. The fraction of sp³-hybridized carbons (Fsp3) is 0.364. The number of aryl methyl sites for hydroxylation is 1. The van der Waals surface area contributed by atoms with Crippen molar-refractivity contribution in [1.29, 1.82) is 0 Å². The monoisotopic (exact) mass is 240 g/mol.